The fraction of sp³-hybridized carbons (Fsp3) is 0.909. The van der Waals surface area contributed by atoms with Crippen molar-refractivity contribution in [3.63, 3.8) is 0 Å². The maximum absolute atomic E-state index is 11.7. The van der Waals surface area contributed by atoms with E-state index in [-0.39, 0.29) is 18.2 Å². The highest BCUT2D eigenvalue weighted by atomic mass is 16.6. The molecule has 0 radical (unpaired) electrons. The second-order valence-electron chi connectivity index (χ2n) is 4.04. The molecular formula is C11H21NO3. The molecule has 1 fully saturated rings. The zero-order valence-corrected chi connectivity index (χ0v) is 9.86. The van der Waals surface area contributed by atoms with Gasteiger partial charge in [-0.2, -0.15) is 0 Å². The van der Waals surface area contributed by atoms with Gasteiger partial charge in [-0.25, -0.2) is 4.79 Å². The summed E-state index contributed by atoms with van der Waals surface area (Å²) in [6, 6.07) is 0.463. The van der Waals surface area contributed by atoms with E-state index in [9.17, 15) is 4.79 Å². The van der Waals surface area contributed by atoms with E-state index >= 15 is 0 Å². The molecule has 1 aliphatic heterocycles. The summed E-state index contributed by atoms with van der Waals surface area (Å²) in [5, 5.41) is 0. The molecule has 1 heterocycles. The smallest absolute Gasteiger partial charge is 0.410 e. The Hall–Kier alpha value is -0.770. The largest absolute Gasteiger partial charge is 0.450 e. The number of carbonyl (C=O) groups excluding carboxylic acids is 1. The molecule has 0 atom stereocenters. The van der Waals surface area contributed by atoms with Crippen LogP contribution >= 0.6 is 0 Å². The second-order valence-corrected chi connectivity index (χ2v) is 4.04. The van der Waals surface area contributed by atoms with Gasteiger partial charge in [-0.05, 0) is 33.6 Å². The third kappa shape index (κ3) is 3.38. The molecule has 0 saturated carbocycles. The highest BCUT2D eigenvalue weighted by Crippen LogP contribution is 2.18. The van der Waals surface area contributed by atoms with E-state index in [1.165, 1.54) is 0 Å². The third-order valence-corrected chi connectivity index (χ3v) is 2.62. The van der Waals surface area contributed by atoms with Crippen molar-refractivity contribution in [2.45, 2.75) is 45.7 Å². The quantitative estimate of drug-likeness (QED) is 0.723. The van der Waals surface area contributed by atoms with Gasteiger partial charge in [-0.3, -0.25) is 0 Å². The van der Waals surface area contributed by atoms with E-state index in [0.717, 1.165) is 26.1 Å². The summed E-state index contributed by atoms with van der Waals surface area (Å²) >= 11 is 0. The van der Waals surface area contributed by atoms with Gasteiger partial charge in [0.25, 0.3) is 0 Å². The molecule has 15 heavy (non-hydrogen) atoms. The number of amides is 1. The maximum Gasteiger partial charge on any atom is 0.410 e. The Morgan fingerprint density at radius 3 is 2.53 bits per heavy atom. The van der Waals surface area contributed by atoms with Crippen LogP contribution in [-0.2, 0) is 9.47 Å². The molecule has 0 unspecified atom stereocenters. The summed E-state index contributed by atoms with van der Waals surface area (Å²) in [6.45, 7) is 7.80. The number of hydrogen-bond donors (Lipinski definition) is 0. The van der Waals surface area contributed by atoms with Crippen molar-refractivity contribution in [2.75, 3.05) is 19.8 Å². The summed E-state index contributed by atoms with van der Waals surface area (Å²) in [7, 11) is 0. The van der Waals surface area contributed by atoms with E-state index in [2.05, 4.69) is 0 Å². The van der Waals surface area contributed by atoms with Crippen LogP contribution < -0.4 is 0 Å². The van der Waals surface area contributed by atoms with E-state index in [4.69, 9.17) is 9.47 Å². The van der Waals surface area contributed by atoms with Crippen LogP contribution in [0.25, 0.3) is 0 Å². The number of carbonyl (C=O) groups is 1. The molecule has 0 aliphatic carbocycles. The predicted octanol–water partition coefficient (Wildman–Crippen LogP) is 2.03. The van der Waals surface area contributed by atoms with Crippen molar-refractivity contribution in [2.24, 2.45) is 0 Å². The molecule has 0 spiro atoms. The van der Waals surface area contributed by atoms with E-state index in [0.29, 0.717) is 6.61 Å². The lowest BCUT2D eigenvalue weighted by molar-refractivity contribution is 0.0172. The molecule has 1 saturated heterocycles. The Morgan fingerprint density at radius 2 is 2.07 bits per heavy atom. The summed E-state index contributed by atoms with van der Waals surface area (Å²) in [5.41, 5.74) is 0. The lowest BCUT2D eigenvalue weighted by Crippen LogP contribution is -2.47. The minimum atomic E-state index is -0.195. The standard InChI is InChI=1S/C11H21NO3/c1-4-15-11(13)12(9(2)3)10-5-7-14-8-6-10/h9-10H,4-8H2,1-3H3. The first-order chi connectivity index (χ1) is 7.16. The lowest BCUT2D eigenvalue weighted by atomic mass is 10.1. The van der Waals surface area contributed by atoms with Gasteiger partial charge >= 0.3 is 6.09 Å². The summed E-state index contributed by atoms with van der Waals surface area (Å²) in [6.07, 6.45) is 1.63. The van der Waals surface area contributed by atoms with Crippen LogP contribution in [0.3, 0.4) is 0 Å². The van der Waals surface area contributed by atoms with Crippen LogP contribution in [0.2, 0.25) is 0 Å². The summed E-state index contributed by atoms with van der Waals surface area (Å²) in [4.78, 5) is 13.6. The van der Waals surface area contributed by atoms with Gasteiger partial charge in [0.2, 0.25) is 0 Å². The molecule has 0 bridgehead atoms. The Labute approximate surface area is 91.5 Å². The number of nitrogens with zero attached hydrogens (tertiary/aromatic N) is 1. The first-order valence-electron chi connectivity index (χ1n) is 5.69. The second kappa shape index (κ2) is 5.95. The molecule has 4 nitrogen and oxygen atoms in total. The van der Waals surface area contributed by atoms with Crippen LogP contribution in [0.5, 0.6) is 0 Å². The van der Waals surface area contributed by atoms with Crippen molar-refractivity contribution in [3.05, 3.63) is 0 Å². The minimum Gasteiger partial charge on any atom is -0.450 e. The highest BCUT2D eigenvalue weighted by molar-refractivity contribution is 5.68. The summed E-state index contributed by atoms with van der Waals surface area (Å²) in [5.74, 6) is 0. The maximum atomic E-state index is 11.7. The Kier molecular flexibility index (Phi) is 4.88. The van der Waals surface area contributed by atoms with Crippen molar-refractivity contribution in [1.29, 1.82) is 0 Å². The predicted molar refractivity (Wildman–Crippen MR) is 57.8 cm³/mol. The Balaban J connectivity index is 2.59. The molecule has 1 amide bonds. The number of ether oxygens (including phenoxy) is 2. The monoisotopic (exact) mass is 215 g/mol. The van der Waals surface area contributed by atoms with Gasteiger partial charge in [0.05, 0.1) is 6.61 Å². The molecule has 4 heteroatoms. The fourth-order valence-corrected chi connectivity index (χ4v) is 1.94. The van der Waals surface area contributed by atoms with Crippen LogP contribution in [0.1, 0.15) is 33.6 Å². The van der Waals surface area contributed by atoms with Crippen LogP contribution in [0.15, 0.2) is 0 Å². The van der Waals surface area contributed by atoms with Crippen LogP contribution in [-0.4, -0.2) is 42.9 Å². The third-order valence-electron chi connectivity index (χ3n) is 2.62. The van der Waals surface area contributed by atoms with Crippen molar-refractivity contribution in [1.82, 2.24) is 4.90 Å². The molecule has 0 aromatic carbocycles. The normalized spacial score (nSPS) is 17.9. The first kappa shape index (κ1) is 12.3. The Bertz CT molecular complexity index is 200. The Morgan fingerprint density at radius 1 is 1.47 bits per heavy atom. The van der Waals surface area contributed by atoms with Crippen LogP contribution in [0.4, 0.5) is 4.79 Å². The van der Waals surface area contributed by atoms with Crippen molar-refractivity contribution < 1.29 is 14.3 Å². The molecule has 0 aromatic heterocycles. The fourth-order valence-electron chi connectivity index (χ4n) is 1.94. The molecular weight excluding hydrogens is 194 g/mol. The highest BCUT2D eigenvalue weighted by Gasteiger charge is 2.28. The average molecular weight is 215 g/mol. The SMILES string of the molecule is CCOC(=O)N(C(C)C)C1CCOCC1. The zero-order chi connectivity index (χ0) is 11.3. The van der Waals surface area contributed by atoms with E-state index in [1.54, 1.807) is 0 Å². The molecule has 1 aliphatic rings. The lowest BCUT2D eigenvalue weighted by Gasteiger charge is -2.36. The first-order valence-corrected chi connectivity index (χ1v) is 5.69. The number of rotatable bonds is 3. The van der Waals surface area contributed by atoms with Gasteiger partial charge < -0.3 is 14.4 Å². The zero-order valence-electron chi connectivity index (χ0n) is 9.86. The van der Waals surface area contributed by atoms with E-state index in [1.807, 2.05) is 25.7 Å². The minimum absolute atomic E-state index is 0.187. The average Bonchev–Trinajstić information content (AvgIpc) is 2.19. The van der Waals surface area contributed by atoms with Gasteiger partial charge in [0.15, 0.2) is 0 Å². The van der Waals surface area contributed by atoms with Gasteiger partial charge in [0, 0.05) is 25.3 Å². The van der Waals surface area contributed by atoms with Gasteiger partial charge in [-0.15, -0.1) is 0 Å². The summed E-state index contributed by atoms with van der Waals surface area (Å²) < 4.78 is 10.4. The van der Waals surface area contributed by atoms with Crippen molar-refractivity contribution >= 4 is 6.09 Å². The molecule has 88 valence electrons. The van der Waals surface area contributed by atoms with Crippen molar-refractivity contribution in [3.8, 4) is 0 Å². The molecule has 0 aromatic rings. The number of hydrogen-bond acceptors (Lipinski definition) is 3. The topological polar surface area (TPSA) is 38.8 Å². The molecule has 0 N–H and O–H groups in total. The van der Waals surface area contributed by atoms with Crippen LogP contribution in [0, 0.1) is 0 Å². The van der Waals surface area contributed by atoms with Gasteiger partial charge in [-0.1, -0.05) is 0 Å². The van der Waals surface area contributed by atoms with Gasteiger partial charge in [0.1, 0.15) is 0 Å². The molecule has 1 rings (SSSR count). The van der Waals surface area contributed by atoms with E-state index < -0.39 is 0 Å².